The summed E-state index contributed by atoms with van der Waals surface area (Å²) in [6.07, 6.45) is 0. The van der Waals surface area contributed by atoms with Gasteiger partial charge in [-0.15, -0.1) is 10.2 Å². The molecule has 2 N–H and O–H groups in total. The van der Waals surface area contributed by atoms with Crippen LogP contribution in [0.1, 0.15) is 16.1 Å². The summed E-state index contributed by atoms with van der Waals surface area (Å²) in [5.41, 5.74) is 1.78. The molecule has 4 aromatic rings. The minimum atomic E-state index is -0.452. The van der Waals surface area contributed by atoms with Gasteiger partial charge in [0.05, 0.1) is 10.8 Å². The zero-order chi connectivity index (χ0) is 24.4. The number of carbonyl (C=O) groups is 2. The number of aromatic nitrogens is 3. The Morgan fingerprint density at radius 3 is 2.80 bits per heavy atom. The zero-order valence-corrected chi connectivity index (χ0v) is 20.4. The average Bonchev–Trinajstić information content (AvgIpc) is 3.57. The molecular weight excluding hydrogens is 514 g/mol. The van der Waals surface area contributed by atoms with Crippen LogP contribution >= 0.6 is 34.7 Å². The van der Waals surface area contributed by atoms with Crippen molar-refractivity contribution in [2.45, 2.75) is 11.3 Å². The first-order chi connectivity index (χ1) is 17.0. The number of thioether (sulfide) groups is 1. The lowest BCUT2D eigenvalue weighted by molar-refractivity contribution is -0.113. The molecule has 2 amide bonds. The summed E-state index contributed by atoms with van der Waals surface area (Å²) < 4.78 is 16.3. The van der Waals surface area contributed by atoms with Gasteiger partial charge in [-0.05, 0) is 25.1 Å². The van der Waals surface area contributed by atoms with Gasteiger partial charge in [0.2, 0.25) is 17.8 Å². The predicted octanol–water partition coefficient (Wildman–Crippen LogP) is 4.87. The molecule has 0 bridgehead atoms. The number of hydrogen-bond donors (Lipinski definition) is 2. The number of halogens is 1. The molecule has 0 atom stereocenters. The van der Waals surface area contributed by atoms with Crippen molar-refractivity contribution in [1.82, 2.24) is 15.4 Å². The predicted molar refractivity (Wildman–Crippen MR) is 131 cm³/mol. The number of amides is 2. The van der Waals surface area contributed by atoms with Gasteiger partial charge < -0.3 is 19.3 Å². The molecule has 5 rings (SSSR count). The number of carbonyl (C=O) groups excluding carboxylic acids is 2. The lowest BCUT2D eigenvalue weighted by Crippen LogP contribution is -2.13. The summed E-state index contributed by atoms with van der Waals surface area (Å²) >= 11 is 8.61. The summed E-state index contributed by atoms with van der Waals surface area (Å²) in [7, 11) is 0. The third kappa shape index (κ3) is 5.09. The van der Waals surface area contributed by atoms with E-state index in [1.807, 2.05) is 0 Å². The maximum absolute atomic E-state index is 13.0. The molecule has 0 saturated carbocycles. The van der Waals surface area contributed by atoms with Gasteiger partial charge in [0.1, 0.15) is 17.0 Å². The fraction of sp³-hybridized carbons (Fsp3) is 0.136. The molecule has 35 heavy (non-hydrogen) atoms. The Morgan fingerprint density at radius 1 is 1.11 bits per heavy atom. The van der Waals surface area contributed by atoms with Crippen molar-refractivity contribution >= 4 is 57.3 Å². The summed E-state index contributed by atoms with van der Waals surface area (Å²) in [5, 5.41) is 18.3. The maximum Gasteiger partial charge on any atom is 0.263 e. The van der Waals surface area contributed by atoms with E-state index in [2.05, 4.69) is 26.0 Å². The van der Waals surface area contributed by atoms with Crippen LogP contribution in [0, 0.1) is 6.92 Å². The Hall–Kier alpha value is -3.61. The van der Waals surface area contributed by atoms with E-state index in [-0.39, 0.29) is 29.1 Å². The number of benzene rings is 2. The Balaban J connectivity index is 1.20. The number of nitrogens with zero attached hydrogens (tertiary/aromatic N) is 3. The zero-order valence-electron chi connectivity index (χ0n) is 18.0. The van der Waals surface area contributed by atoms with Crippen LogP contribution in [0.3, 0.4) is 0 Å². The van der Waals surface area contributed by atoms with Crippen LogP contribution in [0.15, 0.2) is 51.3 Å². The van der Waals surface area contributed by atoms with Gasteiger partial charge in [-0.1, -0.05) is 58.1 Å². The molecule has 1 aliphatic heterocycles. The fourth-order valence-corrected chi connectivity index (χ4v) is 5.03. The standard InChI is InChI=1S/C22H16ClN5O5S2/c1-11-18(19(28-33-11)13-4-2-3-5-14(13)23)20(30)25-21-26-27-22(35-21)34-9-17(29)24-12-6-7-15-16(8-12)32-10-31-15/h2-8H,9-10H2,1H3,(H,24,29)(H,25,26,30). The van der Waals surface area contributed by atoms with E-state index in [4.69, 9.17) is 25.6 Å². The number of nitrogens with one attached hydrogen (secondary N) is 2. The van der Waals surface area contributed by atoms with Gasteiger partial charge in [-0.25, -0.2) is 0 Å². The van der Waals surface area contributed by atoms with Crippen molar-refractivity contribution in [2.75, 3.05) is 23.2 Å². The number of aryl methyl sites for hydroxylation is 1. The van der Waals surface area contributed by atoms with Crippen molar-refractivity contribution in [3.05, 3.63) is 58.8 Å². The molecular formula is C22H16ClN5O5S2. The molecule has 0 spiro atoms. The number of ether oxygens (including phenoxy) is 2. The van der Waals surface area contributed by atoms with Crippen molar-refractivity contribution in [2.24, 2.45) is 0 Å². The quantitative estimate of drug-likeness (QED) is 0.254. The highest BCUT2D eigenvalue weighted by molar-refractivity contribution is 8.01. The lowest BCUT2D eigenvalue weighted by Gasteiger charge is -2.05. The van der Waals surface area contributed by atoms with Crippen LogP contribution in [0.25, 0.3) is 11.3 Å². The third-order valence-electron chi connectivity index (χ3n) is 4.83. The molecule has 0 saturated heterocycles. The van der Waals surface area contributed by atoms with E-state index in [0.717, 1.165) is 11.3 Å². The second-order valence-electron chi connectivity index (χ2n) is 7.17. The van der Waals surface area contributed by atoms with Gasteiger partial charge in [0.25, 0.3) is 5.91 Å². The molecule has 0 aliphatic carbocycles. The maximum atomic E-state index is 13.0. The Labute approximate surface area is 212 Å². The highest BCUT2D eigenvalue weighted by Crippen LogP contribution is 2.35. The van der Waals surface area contributed by atoms with Gasteiger partial charge >= 0.3 is 0 Å². The van der Waals surface area contributed by atoms with E-state index < -0.39 is 5.91 Å². The largest absolute Gasteiger partial charge is 0.454 e. The van der Waals surface area contributed by atoms with Crippen LogP contribution in [-0.4, -0.2) is 39.7 Å². The molecule has 1 aliphatic rings. The molecule has 13 heteroatoms. The van der Waals surface area contributed by atoms with Crippen LogP contribution in [-0.2, 0) is 4.79 Å². The molecule has 178 valence electrons. The second-order valence-corrected chi connectivity index (χ2v) is 9.78. The van der Waals surface area contributed by atoms with Crippen LogP contribution < -0.4 is 20.1 Å². The molecule has 3 heterocycles. The number of fused-ring (bicyclic) bond motifs is 1. The van der Waals surface area contributed by atoms with Crippen molar-refractivity contribution in [3.8, 4) is 22.8 Å². The normalized spacial score (nSPS) is 11.9. The van der Waals surface area contributed by atoms with E-state index in [0.29, 0.717) is 43.6 Å². The highest BCUT2D eigenvalue weighted by Gasteiger charge is 2.24. The summed E-state index contributed by atoms with van der Waals surface area (Å²) in [5.74, 6) is 1.00. The third-order valence-corrected chi connectivity index (χ3v) is 7.13. The first-order valence-electron chi connectivity index (χ1n) is 10.2. The first-order valence-corrected chi connectivity index (χ1v) is 12.3. The highest BCUT2D eigenvalue weighted by atomic mass is 35.5. The first kappa shape index (κ1) is 23.1. The van der Waals surface area contributed by atoms with Crippen molar-refractivity contribution in [1.29, 1.82) is 0 Å². The molecule has 0 unspecified atom stereocenters. The SMILES string of the molecule is Cc1onc(-c2ccccc2Cl)c1C(=O)Nc1nnc(SCC(=O)Nc2ccc3c(c2)OCO3)s1. The molecule has 0 radical (unpaired) electrons. The summed E-state index contributed by atoms with van der Waals surface area (Å²) in [6.45, 7) is 1.80. The average molecular weight is 530 g/mol. The van der Waals surface area contributed by atoms with Crippen LogP contribution in [0.2, 0.25) is 5.02 Å². The van der Waals surface area contributed by atoms with E-state index in [9.17, 15) is 9.59 Å². The number of rotatable bonds is 7. The Bertz CT molecular complexity index is 1420. The van der Waals surface area contributed by atoms with Gasteiger partial charge in [0.15, 0.2) is 15.8 Å². The monoisotopic (exact) mass is 529 g/mol. The minimum Gasteiger partial charge on any atom is -0.454 e. The summed E-state index contributed by atoms with van der Waals surface area (Å²) in [6, 6.07) is 12.2. The Kier molecular flexibility index (Phi) is 6.57. The van der Waals surface area contributed by atoms with Crippen LogP contribution in [0.5, 0.6) is 11.5 Å². The van der Waals surface area contributed by atoms with E-state index in [1.165, 1.54) is 11.8 Å². The van der Waals surface area contributed by atoms with Gasteiger partial charge in [-0.3, -0.25) is 14.9 Å². The van der Waals surface area contributed by atoms with Gasteiger partial charge in [-0.2, -0.15) is 0 Å². The van der Waals surface area contributed by atoms with E-state index in [1.54, 1.807) is 49.4 Å². The van der Waals surface area contributed by atoms with Crippen molar-refractivity contribution in [3.63, 3.8) is 0 Å². The van der Waals surface area contributed by atoms with E-state index >= 15 is 0 Å². The molecule has 2 aromatic heterocycles. The summed E-state index contributed by atoms with van der Waals surface area (Å²) in [4.78, 5) is 25.3. The minimum absolute atomic E-state index is 0.110. The molecule has 2 aromatic carbocycles. The smallest absolute Gasteiger partial charge is 0.263 e. The fourth-order valence-electron chi connectivity index (χ4n) is 3.25. The second kappa shape index (κ2) is 9.94. The molecule has 0 fully saturated rings. The van der Waals surface area contributed by atoms with Gasteiger partial charge in [0, 0.05) is 17.3 Å². The number of hydrogen-bond acceptors (Lipinski definition) is 10. The topological polar surface area (TPSA) is 128 Å². The lowest BCUT2D eigenvalue weighted by atomic mass is 10.1. The van der Waals surface area contributed by atoms with Crippen LogP contribution in [0.4, 0.5) is 10.8 Å². The van der Waals surface area contributed by atoms with Crippen molar-refractivity contribution < 1.29 is 23.6 Å². The number of anilines is 2. The molecule has 10 nitrogen and oxygen atoms in total. The Morgan fingerprint density at radius 2 is 1.94 bits per heavy atom.